The third kappa shape index (κ3) is 6.13. The maximum atomic E-state index is 5.40. The van der Waals surface area contributed by atoms with Crippen LogP contribution in [0.5, 0.6) is 0 Å². The van der Waals surface area contributed by atoms with Crippen LogP contribution in [0.1, 0.15) is 12.8 Å². The molecular formula is C10H18O2. The van der Waals surface area contributed by atoms with E-state index < -0.39 is 0 Å². The fraction of sp³-hybridized carbons (Fsp3) is 0.600. The summed E-state index contributed by atoms with van der Waals surface area (Å²) in [5, 5.41) is 0. The lowest BCUT2D eigenvalue weighted by Gasteiger charge is -2.08. The van der Waals surface area contributed by atoms with Gasteiger partial charge < -0.3 is 9.47 Å². The predicted octanol–water partition coefficient (Wildman–Crippen LogP) is 2.17. The fourth-order valence-corrected chi connectivity index (χ4v) is 0.800. The summed E-state index contributed by atoms with van der Waals surface area (Å²) in [5.74, 6) is 0. The van der Waals surface area contributed by atoms with Crippen molar-refractivity contribution in [1.29, 1.82) is 0 Å². The Labute approximate surface area is 74.9 Å². The minimum absolute atomic E-state index is 0.00690. The lowest BCUT2D eigenvalue weighted by atomic mass is 10.3. The van der Waals surface area contributed by atoms with Crippen LogP contribution in [-0.4, -0.2) is 26.4 Å². The molecule has 0 spiro atoms. The molecule has 0 aromatic carbocycles. The normalized spacial score (nSPS) is 10.2. The zero-order chi connectivity index (χ0) is 9.23. The second-order valence-electron chi connectivity index (χ2n) is 2.51. The van der Waals surface area contributed by atoms with Gasteiger partial charge in [-0.05, 0) is 12.8 Å². The molecule has 0 fully saturated rings. The molecule has 0 radical (unpaired) electrons. The van der Waals surface area contributed by atoms with E-state index in [-0.39, 0.29) is 6.10 Å². The highest BCUT2D eigenvalue weighted by molar-refractivity contribution is 4.93. The van der Waals surface area contributed by atoms with Crippen LogP contribution in [0.2, 0.25) is 0 Å². The summed E-state index contributed by atoms with van der Waals surface area (Å²) in [7, 11) is 1.71. The Hall–Kier alpha value is -0.600. The molecular weight excluding hydrogens is 152 g/mol. The van der Waals surface area contributed by atoms with Crippen molar-refractivity contribution >= 4 is 0 Å². The van der Waals surface area contributed by atoms with Gasteiger partial charge in [0.05, 0.1) is 6.10 Å². The summed E-state index contributed by atoms with van der Waals surface area (Å²) in [4.78, 5) is 0. The fourth-order valence-electron chi connectivity index (χ4n) is 0.800. The average molecular weight is 170 g/mol. The molecule has 0 amide bonds. The molecule has 0 aromatic heterocycles. The number of unbranched alkanes of at least 4 members (excludes halogenated alkanes) is 1. The lowest BCUT2D eigenvalue weighted by molar-refractivity contribution is 0.103. The molecule has 0 aliphatic rings. The Morgan fingerprint density at radius 2 is 1.75 bits per heavy atom. The maximum Gasteiger partial charge on any atom is 0.0932 e. The van der Waals surface area contributed by atoms with Crippen molar-refractivity contribution < 1.29 is 9.47 Å². The Balaban J connectivity index is 3.17. The molecule has 70 valence electrons. The standard InChI is InChI=1S/C10H18O2/c1-4-10(5-2)12-9-7-6-8-11-3/h4-5,10H,1-2,6-9H2,3H3. The number of ether oxygens (including phenoxy) is 2. The summed E-state index contributed by atoms with van der Waals surface area (Å²) >= 11 is 0. The van der Waals surface area contributed by atoms with E-state index >= 15 is 0 Å². The third-order valence-electron chi connectivity index (χ3n) is 1.52. The highest BCUT2D eigenvalue weighted by atomic mass is 16.5. The number of rotatable bonds is 8. The predicted molar refractivity (Wildman–Crippen MR) is 51.2 cm³/mol. The van der Waals surface area contributed by atoms with E-state index in [2.05, 4.69) is 13.2 Å². The van der Waals surface area contributed by atoms with Crippen molar-refractivity contribution in [2.24, 2.45) is 0 Å². The summed E-state index contributed by atoms with van der Waals surface area (Å²) < 4.78 is 10.3. The van der Waals surface area contributed by atoms with Crippen LogP contribution >= 0.6 is 0 Å². The first-order chi connectivity index (χ1) is 5.85. The Bertz CT molecular complexity index is 113. The molecule has 12 heavy (non-hydrogen) atoms. The topological polar surface area (TPSA) is 18.5 Å². The molecule has 0 bridgehead atoms. The smallest absolute Gasteiger partial charge is 0.0932 e. The molecule has 0 unspecified atom stereocenters. The van der Waals surface area contributed by atoms with Gasteiger partial charge in [-0.15, -0.1) is 13.2 Å². The van der Waals surface area contributed by atoms with Gasteiger partial charge in [-0.1, -0.05) is 12.2 Å². The quantitative estimate of drug-likeness (QED) is 0.410. The number of hydrogen-bond donors (Lipinski definition) is 0. The largest absolute Gasteiger partial charge is 0.385 e. The molecule has 0 saturated carbocycles. The van der Waals surface area contributed by atoms with Crippen molar-refractivity contribution in [1.82, 2.24) is 0 Å². The van der Waals surface area contributed by atoms with E-state index in [0.29, 0.717) is 0 Å². The van der Waals surface area contributed by atoms with Crippen LogP contribution in [0.15, 0.2) is 25.3 Å². The molecule has 0 heterocycles. The highest BCUT2D eigenvalue weighted by Gasteiger charge is 1.96. The van der Waals surface area contributed by atoms with Gasteiger partial charge in [0.2, 0.25) is 0 Å². The van der Waals surface area contributed by atoms with Gasteiger partial charge in [0.1, 0.15) is 0 Å². The van der Waals surface area contributed by atoms with Crippen LogP contribution in [0.3, 0.4) is 0 Å². The maximum absolute atomic E-state index is 5.40. The highest BCUT2D eigenvalue weighted by Crippen LogP contribution is 1.97. The van der Waals surface area contributed by atoms with Crippen LogP contribution in [0.4, 0.5) is 0 Å². The average Bonchev–Trinajstić information content (AvgIpc) is 2.11. The van der Waals surface area contributed by atoms with Crippen molar-refractivity contribution in [3.8, 4) is 0 Å². The van der Waals surface area contributed by atoms with E-state index in [4.69, 9.17) is 9.47 Å². The zero-order valence-electron chi connectivity index (χ0n) is 7.79. The molecule has 0 aliphatic carbocycles. The van der Waals surface area contributed by atoms with Gasteiger partial charge in [-0.2, -0.15) is 0 Å². The van der Waals surface area contributed by atoms with Crippen molar-refractivity contribution in [3.63, 3.8) is 0 Å². The van der Waals surface area contributed by atoms with Gasteiger partial charge in [0.25, 0.3) is 0 Å². The first-order valence-corrected chi connectivity index (χ1v) is 4.20. The van der Waals surface area contributed by atoms with Gasteiger partial charge in [0.15, 0.2) is 0 Å². The van der Waals surface area contributed by atoms with Crippen molar-refractivity contribution in [3.05, 3.63) is 25.3 Å². The Morgan fingerprint density at radius 3 is 2.25 bits per heavy atom. The Morgan fingerprint density at radius 1 is 1.17 bits per heavy atom. The molecule has 2 nitrogen and oxygen atoms in total. The van der Waals surface area contributed by atoms with Crippen molar-refractivity contribution in [2.45, 2.75) is 18.9 Å². The molecule has 2 heteroatoms. The monoisotopic (exact) mass is 170 g/mol. The van der Waals surface area contributed by atoms with Gasteiger partial charge >= 0.3 is 0 Å². The molecule has 0 atom stereocenters. The number of hydrogen-bond acceptors (Lipinski definition) is 2. The molecule has 0 aromatic rings. The van der Waals surface area contributed by atoms with Crippen LogP contribution in [0.25, 0.3) is 0 Å². The third-order valence-corrected chi connectivity index (χ3v) is 1.52. The molecule has 0 saturated heterocycles. The lowest BCUT2D eigenvalue weighted by Crippen LogP contribution is -2.07. The Kier molecular flexibility index (Phi) is 8.07. The van der Waals surface area contributed by atoms with Crippen LogP contribution in [-0.2, 0) is 9.47 Å². The first-order valence-electron chi connectivity index (χ1n) is 4.20. The summed E-state index contributed by atoms with van der Waals surface area (Å²) in [6, 6.07) is 0. The minimum Gasteiger partial charge on any atom is -0.385 e. The van der Waals surface area contributed by atoms with E-state index in [0.717, 1.165) is 26.1 Å². The second kappa shape index (κ2) is 8.50. The van der Waals surface area contributed by atoms with E-state index in [1.807, 2.05) is 0 Å². The second-order valence-corrected chi connectivity index (χ2v) is 2.51. The van der Waals surface area contributed by atoms with E-state index in [1.54, 1.807) is 19.3 Å². The van der Waals surface area contributed by atoms with Gasteiger partial charge in [0, 0.05) is 20.3 Å². The minimum atomic E-state index is -0.00690. The van der Waals surface area contributed by atoms with Crippen molar-refractivity contribution in [2.75, 3.05) is 20.3 Å². The van der Waals surface area contributed by atoms with E-state index in [9.17, 15) is 0 Å². The van der Waals surface area contributed by atoms with Crippen LogP contribution in [0, 0.1) is 0 Å². The van der Waals surface area contributed by atoms with Gasteiger partial charge in [-0.25, -0.2) is 0 Å². The van der Waals surface area contributed by atoms with Crippen LogP contribution < -0.4 is 0 Å². The summed E-state index contributed by atoms with van der Waals surface area (Å²) in [6.07, 6.45) is 5.53. The SMILES string of the molecule is C=CC(C=C)OCCCCOC. The van der Waals surface area contributed by atoms with E-state index in [1.165, 1.54) is 0 Å². The zero-order valence-corrected chi connectivity index (χ0v) is 7.79. The summed E-state index contributed by atoms with van der Waals surface area (Å²) in [6.45, 7) is 8.80. The molecule has 0 rings (SSSR count). The molecule has 0 N–H and O–H groups in total. The summed E-state index contributed by atoms with van der Waals surface area (Å²) in [5.41, 5.74) is 0. The first kappa shape index (κ1) is 11.4. The number of methoxy groups -OCH3 is 1. The molecule has 0 aliphatic heterocycles. The van der Waals surface area contributed by atoms with Gasteiger partial charge in [-0.3, -0.25) is 0 Å².